The molecule has 23 heavy (non-hydrogen) atoms. The Balaban J connectivity index is 2.36. The number of aliphatic carboxylic acids is 1. The first-order chi connectivity index (χ1) is 10.7. The lowest BCUT2D eigenvalue weighted by Gasteiger charge is -2.16. The monoisotopic (exact) mass is 333 g/mol. The molecule has 1 rings (SSSR count). The van der Waals surface area contributed by atoms with Crippen molar-refractivity contribution in [2.45, 2.75) is 39.0 Å². The molecule has 0 saturated heterocycles. The molecule has 0 radical (unpaired) electrons. The Hall–Kier alpha value is -1.76. The van der Waals surface area contributed by atoms with Crippen LogP contribution >= 0.6 is 0 Å². The van der Waals surface area contributed by atoms with Crippen molar-refractivity contribution in [3.8, 4) is 5.75 Å². The van der Waals surface area contributed by atoms with Crippen molar-refractivity contribution < 1.29 is 27.8 Å². The van der Waals surface area contributed by atoms with Crippen LogP contribution in [0.3, 0.4) is 0 Å². The lowest BCUT2D eigenvalue weighted by molar-refractivity contribution is -0.274. The van der Waals surface area contributed by atoms with E-state index in [-0.39, 0.29) is 18.2 Å². The van der Waals surface area contributed by atoms with E-state index in [1.54, 1.807) is 12.1 Å². The van der Waals surface area contributed by atoms with Gasteiger partial charge >= 0.3 is 12.3 Å². The van der Waals surface area contributed by atoms with Gasteiger partial charge in [0.05, 0.1) is 5.92 Å². The molecule has 0 aliphatic rings. The van der Waals surface area contributed by atoms with Crippen molar-refractivity contribution in [1.82, 2.24) is 0 Å². The summed E-state index contributed by atoms with van der Waals surface area (Å²) in [7, 11) is 0. The number of aryl methyl sites for hydroxylation is 1. The van der Waals surface area contributed by atoms with Gasteiger partial charge in [-0.15, -0.1) is 13.2 Å². The highest BCUT2D eigenvalue weighted by atomic mass is 19.4. The summed E-state index contributed by atoms with van der Waals surface area (Å²) >= 11 is 0. The number of nitrogens with two attached hydrogens (primary N) is 1. The number of carboxylic acid groups (broad SMARTS) is 1. The average molecular weight is 333 g/mol. The van der Waals surface area contributed by atoms with Gasteiger partial charge in [-0.3, -0.25) is 4.79 Å². The highest BCUT2D eigenvalue weighted by molar-refractivity contribution is 5.70. The minimum atomic E-state index is -4.68. The van der Waals surface area contributed by atoms with Crippen molar-refractivity contribution in [2.24, 2.45) is 17.6 Å². The van der Waals surface area contributed by atoms with Crippen molar-refractivity contribution in [1.29, 1.82) is 0 Å². The number of hydrogen-bond acceptors (Lipinski definition) is 3. The number of ether oxygens (including phenoxy) is 1. The Labute approximate surface area is 133 Å². The van der Waals surface area contributed by atoms with Crippen molar-refractivity contribution in [3.63, 3.8) is 0 Å². The summed E-state index contributed by atoms with van der Waals surface area (Å²) in [4.78, 5) is 10.9. The molecule has 0 aliphatic heterocycles. The third-order valence-corrected chi connectivity index (χ3v) is 3.64. The molecule has 0 aliphatic carbocycles. The topological polar surface area (TPSA) is 72.5 Å². The lowest BCUT2D eigenvalue weighted by Crippen LogP contribution is -2.25. The quantitative estimate of drug-likeness (QED) is 0.724. The molecule has 0 bridgehead atoms. The molecule has 0 spiro atoms. The molecule has 0 fully saturated rings. The molecular formula is C16H22F3NO3. The summed E-state index contributed by atoms with van der Waals surface area (Å²) in [6.07, 6.45) is -1.76. The van der Waals surface area contributed by atoms with E-state index in [2.05, 4.69) is 4.74 Å². The summed E-state index contributed by atoms with van der Waals surface area (Å²) in [5.74, 6) is -1.40. The third-order valence-electron chi connectivity index (χ3n) is 3.64. The molecule has 0 heterocycles. The van der Waals surface area contributed by atoms with E-state index in [1.807, 2.05) is 6.92 Å². The van der Waals surface area contributed by atoms with Gasteiger partial charge in [-0.2, -0.15) is 0 Å². The summed E-state index contributed by atoms with van der Waals surface area (Å²) in [5, 5.41) is 8.96. The average Bonchev–Trinajstić information content (AvgIpc) is 2.44. The van der Waals surface area contributed by atoms with E-state index in [1.165, 1.54) is 12.1 Å². The van der Waals surface area contributed by atoms with Gasteiger partial charge in [-0.05, 0) is 42.9 Å². The zero-order chi connectivity index (χ0) is 17.5. The van der Waals surface area contributed by atoms with Crippen molar-refractivity contribution >= 4 is 5.97 Å². The van der Waals surface area contributed by atoms with Crippen LogP contribution in [-0.2, 0) is 11.2 Å². The summed E-state index contributed by atoms with van der Waals surface area (Å²) < 4.78 is 40.0. The minimum Gasteiger partial charge on any atom is -0.481 e. The highest BCUT2D eigenvalue weighted by Crippen LogP contribution is 2.24. The Morgan fingerprint density at radius 1 is 1.30 bits per heavy atom. The molecular weight excluding hydrogens is 311 g/mol. The van der Waals surface area contributed by atoms with E-state index in [4.69, 9.17) is 10.8 Å². The fraction of sp³-hybridized carbons (Fsp3) is 0.562. The van der Waals surface area contributed by atoms with Gasteiger partial charge in [0.15, 0.2) is 0 Å². The molecule has 0 saturated carbocycles. The maximum atomic E-state index is 12.1. The summed E-state index contributed by atoms with van der Waals surface area (Å²) in [6, 6.07) is 5.79. The number of benzene rings is 1. The van der Waals surface area contributed by atoms with Gasteiger partial charge in [-0.1, -0.05) is 25.5 Å². The van der Waals surface area contributed by atoms with Gasteiger partial charge < -0.3 is 15.6 Å². The van der Waals surface area contributed by atoms with Gasteiger partial charge in [0.2, 0.25) is 0 Å². The molecule has 2 atom stereocenters. The van der Waals surface area contributed by atoms with Crippen molar-refractivity contribution in [2.75, 3.05) is 6.54 Å². The van der Waals surface area contributed by atoms with Crippen LogP contribution in [0.25, 0.3) is 0 Å². The van der Waals surface area contributed by atoms with Gasteiger partial charge in [0.25, 0.3) is 0 Å². The van der Waals surface area contributed by atoms with Crippen LogP contribution in [-0.4, -0.2) is 24.0 Å². The standard InChI is InChI=1S/C16H22F3NO3/c1-11(9-13(10-20)15(21)22)3-2-4-12-5-7-14(8-6-12)23-16(17,18)19/h5-8,11,13H,2-4,9-10,20H2,1H3,(H,21,22). The van der Waals surface area contributed by atoms with Crippen LogP contribution in [0.2, 0.25) is 0 Å². The van der Waals surface area contributed by atoms with Crippen LogP contribution < -0.4 is 10.5 Å². The third kappa shape index (κ3) is 7.88. The van der Waals surface area contributed by atoms with Crippen LogP contribution in [0.15, 0.2) is 24.3 Å². The van der Waals surface area contributed by atoms with Crippen molar-refractivity contribution in [3.05, 3.63) is 29.8 Å². The smallest absolute Gasteiger partial charge is 0.481 e. The predicted octanol–water partition coefficient (Wildman–Crippen LogP) is 3.59. The molecule has 1 aromatic rings. The number of halogens is 3. The largest absolute Gasteiger partial charge is 0.573 e. The molecule has 0 aromatic heterocycles. The van der Waals surface area contributed by atoms with Crippen LogP contribution in [0, 0.1) is 11.8 Å². The SMILES string of the molecule is CC(CCCc1ccc(OC(F)(F)F)cc1)CC(CN)C(=O)O. The fourth-order valence-electron chi connectivity index (χ4n) is 2.41. The van der Waals surface area contributed by atoms with Gasteiger partial charge in [-0.25, -0.2) is 0 Å². The second-order valence-electron chi connectivity index (χ2n) is 5.70. The molecule has 4 nitrogen and oxygen atoms in total. The molecule has 130 valence electrons. The second kappa shape index (κ2) is 8.76. The minimum absolute atomic E-state index is 0.125. The first-order valence-corrected chi connectivity index (χ1v) is 7.49. The first-order valence-electron chi connectivity index (χ1n) is 7.49. The maximum absolute atomic E-state index is 12.1. The van der Waals surface area contributed by atoms with E-state index in [9.17, 15) is 18.0 Å². The molecule has 7 heteroatoms. The number of rotatable bonds is 9. The van der Waals surface area contributed by atoms with E-state index < -0.39 is 18.2 Å². The Morgan fingerprint density at radius 3 is 2.39 bits per heavy atom. The summed E-state index contributed by atoms with van der Waals surface area (Å²) in [6.45, 7) is 2.10. The maximum Gasteiger partial charge on any atom is 0.573 e. The Morgan fingerprint density at radius 2 is 1.91 bits per heavy atom. The van der Waals surface area contributed by atoms with E-state index in [0.717, 1.165) is 24.8 Å². The number of alkyl halides is 3. The molecule has 1 aromatic carbocycles. The van der Waals surface area contributed by atoms with Crippen LogP contribution in [0.1, 0.15) is 31.7 Å². The first kappa shape index (κ1) is 19.3. The Bertz CT molecular complexity index is 488. The van der Waals surface area contributed by atoms with Gasteiger partial charge in [0.1, 0.15) is 5.75 Å². The van der Waals surface area contributed by atoms with Gasteiger partial charge in [0, 0.05) is 6.54 Å². The van der Waals surface area contributed by atoms with Crippen LogP contribution in [0.5, 0.6) is 5.75 Å². The predicted molar refractivity (Wildman–Crippen MR) is 80.0 cm³/mol. The highest BCUT2D eigenvalue weighted by Gasteiger charge is 2.30. The molecule has 2 unspecified atom stereocenters. The van der Waals surface area contributed by atoms with E-state index in [0.29, 0.717) is 6.42 Å². The normalized spacial score (nSPS) is 14.3. The van der Waals surface area contributed by atoms with Crippen LogP contribution in [0.4, 0.5) is 13.2 Å². The molecule has 0 amide bonds. The summed E-state index contributed by atoms with van der Waals surface area (Å²) in [5.41, 5.74) is 6.34. The fourth-order valence-corrected chi connectivity index (χ4v) is 2.41. The molecule has 3 N–H and O–H groups in total. The number of carbonyl (C=O) groups is 1. The zero-order valence-electron chi connectivity index (χ0n) is 13.0. The zero-order valence-corrected chi connectivity index (χ0v) is 13.0. The lowest BCUT2D eigenvalue weighted by atomic mass is 9.91. The Kier molecular flexibility index (Phi) is 7.35. The second-order valence-corrected chi connectivity index (χ2v) is 5.70. The number of carboxylic acids is 1. The number of hydrogen-bond donors (Lipinski definition) is 2. The van der Waals surface area contributed by atoms with E-state index >= 15 is 0 Å².